The fourth-order valence-electron chi connectivity index (χ4n) is 3.68. The maximum Gasteiger partial charge on any atom is 0.227 e. The summed E-state index contributed by atoms with van der Waals surface area (Å²) in [4.78, 5) is 17.6. The average Bonchev–Trinajstić information content (AvgIpc) is 3.17. The first-order valence-corrected chi connectivity index (χ1v) is 9.70. The Labute approximate surface area is 150 Å². The molecular formula is C17H22N6OS. The van der Waals surface area contributed by atoms with Crippen LogP contribution in [0.3, 0.4) is 0 Å². The standard InChI is InChI=1S/C17H22N6OS/c1-5-22-9-10(8-18-22)14-13-11(6-17(2,3)7-12(13)24)19-15-20-16(25-4)21-23(14)15/h8-9,14H,5-7H2,1-4H3,(H,19,20,21). The van der Waals surface area contributed by atoms with E-state index in [0.717, 1.165) is 29.8 Å². The SMILES string of the molecule is CCn1cc(C2C3=C(CC(C)(C)CC3=O)Nc3nc(SC)nn32)cn1. The van der Waals surface area contributed by atoms with Crippen molar-refractivity contribution in [3.05, 3.63) is 29.2 Å². The number of aryl methyl sites for hydroxylation is 1. The lowest BCUT2D eigenvalue weighted by Crippen LogP contribution is -2.36. The second-order valence-electron chi connectivity index (χ2n) is 7.36. The molecule has 0 saturated carbocycles. The first-order chi connectivity index (χ1) is 11.9. The largest absolute Gasteiger partial charge is 0.328 e. The van der Waals surface area contributed by atoms with Crippen molar-refractivity contribution in [2.45, 2.75) is 51.4 Å². The number of ketones is 1. The predicted molar refractivity (Wildman–Crippen MR) is 96.5 cm³/mol. The van der Waals surface area contributed by atoms with E-state index in [-0.39, 0.29) is 17.2 Å². The molecule has 0 saturated heterocycles. The number of allylic oxidation sites excluding steroid dienone is 2. The van der Waals surface area contributed by atoms with E-state index in [2.05, 4.69) is 34.3 Å². The summed E-state index contributed by atoms with van der Waals surface area (Å²) in [6.07, 6.45) is 7.16. The van der Waals surface area contributed by atoms with Gasteiger partial charge in [0.15, 0.2) is 5.78 Å². The maximum atomic E-state index is 13.0. The van der Waals surface area contributed by atoms with Crippen molar-refractivity contribution >= 4 is 23.5 Å². The molecule has 2 aromatic heterocycles. The molecule has 1 aliphatic heterocycles. The van der Waals surface area contributed by atoms with Crippen molar-refractivity contribution in [3.8, 4) is 0 Å². The van der Waals surface area contributed by atoms with Gasteiger partial charge in [-0.05, 0) is 25.0 Å². The van der Waals surface area contributed by atoms with E-state index in [9.17, 15) is 4.79 Å². The summed E-state index contributed by atoms with van der Waals surface area (Å²) in [5.74, 6) is 0.877. The average molecular weight is 358 g/mol. The van der Waals surface area contributed by atoms with E-state index in [1.54, 1.807) is 0 Å². The highest BCUT2D eigenvalue weighted by Crippen LogP contribution is 2.45. The summed E-state index contributed by atoms with van der Waals surface area (Å²) >= 11 is 1.50. The lowest BCUT2D eigenvalue weighted by Gasteiger charge is -2.37. The van der Waals surface area contributed by atoms with Gasteiger partial charge in [-0.1, -0.05) is 25.6 Å². The van der Waals surface area contributed by atoms with Crippen LogP contribution in [0, 0.1) is 5.41 Å². The smallest absolute Gasteiger partial charge is 0.227 e. The third-order valence-corrected chi connectivity index (χ3v) is 5.33. The third kappa shape index (κ3) is 2.68. The lowest BCUT2D eigenvalue weighted by molar-refractivity contribution is -0.118. The molecular weight excluding hydrogens is 336 g/mol. The van der Waals surface area contributed by atoms with Gasteiger partial charge in [0.25, 0.3) is 0 Å². The zero-order valence-electron chi connectivity index (χ0n) is 14.9. The quantitative estimate of drug-likeness (QED) is 0.850. The number of hydrogen-bond acceptors (Lipinski definition) is 6. The van der Waals surface area contributed by atoms with Crippen molar-refractivity contribution < 1.29 is 4.79 Å². The lowest BCUT2D eigenvalue weighted by atomic mass is 9.73. The second kappa shape index (κ2) is 5.72. The summed E-state index contributed by atoms with van der Waals surface area (Å²) in [6.45, 7) is 7.10. The minimum atomic E-state index is -0.261. The molecule has 7 nitrogen and oxygen atoms in total. The molecule has 1 aliphatic carbocycles. The van der Waals surface area contributed by atoms with Crippen molar-refractivity contribution in [1.29, 1.82) is 0 Å². The van der Waals surface area contributed by atoms with Gasteiger partial charge in [-0.2, -0.15) is 10.1 Å². The number of aromatic nitrogens is 5. The minimum absolute atomic E-state index is 0.0500. The molecule has 2 aliphatic rings. The zero-order valence-corrected chi connectivity index (χ0v) is 15.7. The fraction of sp³-hybridized carbons (Fsp3) is 0.529. The number of thioether (sulfide) groups is 1. The van der Waals surface area contributed by atoms with Crippen LogP contribution in [-0.4, -0.2) is 36.6 Å². The molecule has 3 heterocycles. The van der Waals surface area contributed by atoms with Crippen molar-refractivity contribution in [3.63, 3.8) is 0 Å². The minimum Gasteiger partial charge on any atom is -0.328 e. The van der Waals surface area contributed by atoms with Crippen LogP contribution in [-0.2, 0) is 11.3 Å². The van der Waals surface area contributed by atoms with Gasteiger partial charge in [0, 0.05) is 36.0 Å². The Kier molecular flexibility index (Phi) is 3.75. The van der Waals surface area contributed by atoms with Crippen LogP contribution in [0.15, 0.2) is 28.8 Å². The highest BCUT2D eigenvalue weighted by Gasteiger charge is 2.42. The summed E-state index contributed by atoms with van der Waals surface area (Å²) in [7, 11) is 0. The normalized spacial score (nSPS) is 21.8. The number of hydrogen-bond donors (Lipinski definition) is 1. The van der Waals surface area contributed by atoms with Crippen molar-refractivity contribution in [2.75, 3.05) is 11.6 Å². The van der Waals surface area contributed by atoms with Gasteiger partial charge in [0.2, 0.25) is 11.1 Å². The Morgan fingerprint density at radius 2 is 2.20 bits per heavy atom. The van der Waals surface area contributed by atoms with E-state index in [0.29, 0.717) is 17.5 Å². The molecule has 4 rings (SSSR count). The van der Waals surface area contributed by atoms with Crippen molar-refractivity contribution in [1.82, 2.24) is 24.5 Å². The Morgan fingerprint density at radius 3 is 2.88 bits per heavy atom. The van der Waals surface area contributed by atoms with Crippen molar-refractivity contribution in [2.24, 2.45) is 5.41 Å². The first kappa shape index (κ1) is 16.4. The van der Waals surface area contributed by atoms with E-state index in [1.165, 1.54) is 11.8 Å². The summed E-state index contributed by atoms with van der Waals surface area (Å²) in [5, 5.41) is 13.1. The van der Waals surface area contributed by atoms with Gasteiger partial charge in [0.05, 0.1) is 6.20 Å². The highest BCUT2D eigenvalue weighted by atomic mass is 32.2. The number of Topliss-reactive ketones (excluding diaryl/α,β-unsaturated/α-hetero) is 1. The monoisotopic (exact) mass is 358 g/mol. The van der Waals surface area contributed by atoms with Crippen LogP contribution in [0.2, 0.25) is 0 Å². The molecule has 8 heteroatoms. The first-order valence-electron chi connectivity index (χ1n) is 8.48. The topological polar surface area (TPSA) is 77.6 Å². The third-order valence-electron chi connectivity index (χ3n) is 4.79. The van der Waals surface area contributed by atoms with Crippen LogP contribution in [0.25, 0.3) is 0 Å². The Balaban J connectivity index is 1.88. The number of carbonyl (C=O) groups excluding carboxylic acids is 1. The van der Waals surface area contributed by atoms with Gasteiger partial charge in [-0.15, -0.1) is 5.10 Å². The number of anilines is 1. The molecule has 1 atom stereocenters. The molecule has 1 N–H and O–H groups in total. The number of nitrogens with zero attached hydrogens (tertiary/aromatic N) is 5. The summed E-state index contributed by atoms with van der Waals surface area (Å²) in [5.41, 5.74) is 2.71. The van der Waals surface area contributed by atoms with E-state index in [1.807, 2.05) is 34.9 Å². The Hall–Kier alpha value is -2.09. The molecule has 0 spiro atoms. The van der Waals surface area contributed by atoms with E-state index >= 15 is 0 Å². The number of nitrogens with one attached hydrogen (secondary N) is 1. The highest BCUT2D eigenvalue weighted by molar-refractivity contribution is 7.98. The van der Waals surface area contributed by atoms with E-state index < -0.39 is 0 Å². The van der Waals surface area contributed by atoms with E-state index in [4.69, 9.17) is 0 Å². The van der Waals surface area contributed by atoms with Crippen LogP contribution in [0.1, 0.15) is 45.2 Å². The van der Waals surface area contributed by atoms with Gasteiger partial charge in [-0.25, -0.2) is 4.68 Å². The Morgan fingerprint density at radius 1 is 1.40 bits per heavy atom. The molecule has 0 aromatic carbocycles. The van der Waals surface area contributed by atoms with Crippen LogP contribution >= 0.6 is 11.8 Å². The van der Waals surface area contributed by atoms with Gasteiger partial charge >= 0.3 is 0 Å². The molecule has 2 aromatic rings. The zero-order chi connectivity index (χ0) is 17.8. The van der Waals surface area contributed by atoms with Gasteiger partial charge in [0.1, 0.15) is 6.04 Å². The number of carbonyl (C=O) groups is 1. The molecule has 0 amide bonds. The molecule has 132 valence electrons. The molecule has 0 fully saturated rings. The summed E-state index contributed by atoms with van der Waals surface area (Å²) in [6, 6.07) is -0.261. The van der Waals surface area contributed by atoms with Crippen LogP contribution < -0.4 is 5.32 Å². The molecule has 25 heavy (non-hydrogen) atoms. The number of fused-ring (bicyclic) bond motifs is 1. The maximum absolute atomic E-state index is 13.0. The van der Waals surface area contributed by atoms with Crippen LogP contribution in [0.4, 0.5) is 5.95 Å². The van der Waals surface area contributed by atoms with Crippen LogP contribution in [0.5, 0.6) is 0 Å². The summed E-state index contributed by atoms with van der Waals surface area (Å²) < 4.78 is 3.71. The van der Waals surface area contributed by atoms with Gasteiger partial charge in [-0.3, -0.25) is 9.48 Å². The number of rotatable bonds is 3. The fourth-order valence-corrected chi connectivity index (χ4v) is 4.03. The molecule has 0 bridgehead atoms. The molecule has 0 radical (unpaired) electrons. The second-order valence-corrected chi connectivity index (χ2v) is 8.13. The molecule has 1 unspecified atom stereocenters. The predicted octanol–water partition coefficient (Wildman–Crippen LogP) is 2.87. The Bertz CT molecular complexity index is 878. The van der Waals surface area contributed by atoms with Gasteiger partial charge < -0.3 is 5.32 Å².